The molecule has 2 nitrogen and oxygen atoms in total. The zero-order valence-electron chi connectivity index (χ0n) is 42.3. The molecule has 0 aliphatic heterocycles. The molecule has 0 fully saturated rings. The molecule has 10 aromatic carbocycles. The third-order valence-corrected chi connectivity index (χ3v) is 14.1. The number of nitrogens with zero attached hydrogens (tertiary/aromatic N) is 2. The first-order valence-electron chi connectivity index (χ1n) is 25.7. The quantitative estimate of drug-likeness (QED) is 0.0681. The van der Waals surface area contributed by atoms with E-state index < -0.39 is 0 Å². The van der Waals surface area contributed by atoms with Gasteiger partial charge in [0.05, 0.1) is 11.4 Å². The average Bonchev–Trinajstić information content (AvgIpc) is 3.43. The summed E-state index contributed by atoms with van der Waals surface area (Å²) in [4.78, 5) is 11.8. The van der Waals surface area contributed by atoms with Crippen molar-refractivity contribution in [2.75, 3.05) is 0 Å². The molecule has 0 aliphatic rings. The lowest BCUT2D eigenvalue weighted by molar-refractivity contribution is 0.932. The number of hydrogen-bond acceptors (Lipinski definition) is 2. The van der Waals surface area contributed by atoms with Crippen molar-refractivity contribution in [1.29, 1.82) is 0 Å². The van der Waals surface area contributed by atoms with Crippen molar-refractivity contribution >= 4 is 22.8 Å². The lowest BCUT2D eigenvalue weighted by atomic mass is 9.78. The zero-order valence-corrected chi connectivity index (χ0v) is 42.3. The fraction of sp³-hybridized carbons (Fsp3) is 0.127. The molecule has 10 rings (SSSR count). The molecule has 2 heteroatoms. The van der Waals surface area contributed by atoms with E-state index in [2.05, 4.69) is 295 Å². The predicted molar refractivity (Wildman–Crippen MR) is 308 cm³/mol. The van der Waals surface area contributed by atoms with Crippen LogP contribution in [0.5, 0.6) is 0 Å². The SMILES string of the molecule is CC(CC(C)=Nc1c(C(c2ccccc2)c2ccccc2)cc(C)cc1C(c1ccccc1)c1ccccc1)=Nc1c(C(c2ccccc2)c2ccccc2)cc(C)cc1C(c1ccccc1)c1ccccc1. The van der Waals surface area contributed by atoms with Crippen molar-refractivity contribution in [1.82, 2.24) is 0 Å². The molecule has 356 valence electrons. The van der Waals surface area contributed by atoms with Crippen LogP contribution >= 0.6 is 0 Å². The van der Waals surface area contributed by atoms with Crippen molar-refractivity contribution in [3.05, 3.63) is 345 Å². The highest BCUT2D eigenvalue weighted by atomic mass is 14.8. The molecule has 10 aromatic rings. The largest absolute Gasteiger partial charge is 0.257 e. The minimum Gasteiger partial charge on any atom is -0.257 e. The second-order valence-corrected chi connectivity index (χ2v) is 19.5. The maximum Gasteiger partial charge on any atom is 0.0712 e. The third kappa shape index (κ3) is 11.1. The zero-order chi connectivity index (χ0) is 49.9. The lowest BCUT2D eigenvalue weighted by Gasteiger charge is -2.27. The first-order valence-corrected chi connectivity index (χ1v) is 25.7. The maximum atomic E-state index is 5.88. The Balaban J connectivity index is 1.20. The molecule has 0 spiro atoms. The first-order chi connectivity index (χ1) is 35.9. The van der Waals surface area contributed by atoms with E-state index in [0.29, 0.717) is 6.42 Å². The van der Waals surface area contributed by atoms with Crippen molar-refractivity contribution in [2.24, 2.45) is 9.98 Å². The van der Waals surface area contributed by atoms with Gasteiger partial charge in [0.1, 0.15) is 0 Å². The molecular weight excluding hydrogens is 881 g/mol. The van der Waals surface area contributed by atoms with E-state index in [4.69, 9.17) is 9.98 Å². The Morgan fingerprint density at radius 1 is 0.274 bits per heavy atom. The number of aryl methyl sites for hydroxylation is 2. The second-order valence-electron chi connectivity index (χ2n) is 19.5. The van der Waals surface area contributed by atoms with Gasteiger partial charge in [0.15, 0.2) is 0 Å². The van der Waals surface area contributed by atoms with Crippen LogP contribution in [0.25, 0.3) is 0 Å². The molecule has 0 radical (unpaired) electrons. The molecule has 0 aromatic heterocycles. The van der Waals surface area contributed by atoms with Gasteiger partial charge < -0.3 is 0 Å². The van der Waals surface area contributed by atoms with Crippen LogP contribution in [0.3, 0.4) is 0 Å². The number of hydrogen-bond donors (Lipinski definition) is 0. The Bertz CT molecular complexity index is 2830. The summed E-state index contributed by atoms with van der Waals surface area (Å²) < 4.78 is 0. The minimum atomic E-state index is -0.0620. The van der Waals surface area contributed by atoms with E-state index in [0.717, 1.165) is 22.8 Å². The van der Waals surface area contributed by atoms with Gasteiger partial charge in [-0.3, -0.25) is 9.98 Å². The summed E-state index contributed by atoms with van der Waals surface area (Å²) in [5.74, 6) is -0.248. The smallest absolute Gasteiger partial charge is 0.0712 e. The van der Waals surface area contributed by atoms with Crippen LogP contribution in [0, 0.1) is 13.8 Å². The Labute approximate surface area is 433 Å². The highest BCUT2D eigenvalue weighted by Crippen LogP contribution is 2.48. The first kappa shape index (κ1) is 48.2. The van der Waals surface area contributed by atoms with Gasteiger partial charge in [-0.1, -0.05) is 278 Å². The second kappa shape index (κ2) is 22.7. The van der Waals surface area contributed by atoms with Crippen molar-refractivity contribution in [3.8, 4) is 0 Å². The van der Waals surface area contributed by atoms with E-state index in [1.54, 1.807) is 0 Å². The molecule has 0 atom stereocenters. The predicted octanol–water partition coefficient (Wildman–Crippen LogP) is 18.3. The number of aliphatic imine (C=N–C) groups is 2. The van der Waals surface area contributed by atoms with Gasteiger partial charge in [0.2, 0.25) is 0 Å². The summed E-state index contributed by atoms with van der Waals surface area (Å²) in [7, 11) is 0. The van der Waals surface area contributed by atoms with Gasteiger partial charge in [-0.2, -0.15) is 0 Å². The Morgan fingerprint density at radius 3 is 0.603 bits per heavy atom. The number of rotatable bonds is 16. The fourth-order valence-electron chi connectivity index (χ4n) is 11.0. The lowest BCUT2D eigenvalue weighted by Crippen LogP contribution is -2.11. The molecule has 0 unspecified atom stereocenters. The Hall–Kier alpha value is -8.46. The van der Waals surface area contributed by atoms with Crippen LogP contribution in [-0.4, -0.2) is 11.4 Å². The van der Waals surface area contributed by atoms with Gasteiger partial charge >= 0.3 is 0 Å². The molecule has 0 aliphatic carbocycles. The molecule has 0 saturated carbocycles. The summed E-state index contributed by atoms with van der Waals surface area (Å²) in [6.07, 6.45) is 0.574. The van der Waals surface area contributed by atoms with Crippen LogP contribution < -0.4 is 0 Å². The molecule has 0 amide bonds. The van der Waals surface area contributed by atoms with Crippen LogP contribution in [0.2, 0.25) is 0 Å². The summed E-state index contributed by atoms with van der Waals surface area (Å²) in [5, 5.41) is 0. The Morgan fingerprint density at radius 2 is 0.438 bits per heavy atom. The highest BCUT2D eigenvalue weighted by molar-refractivity contribution is 6.04. The van der Waals surface area contributed by atoms with Crippen LogP contribution in [0.4, 0.5) is 11.4 Å². The molecule has 0 N–H and O–H groups in total. The van der Waals surface area contributed by atoms with Gasteiger partial charge in [-0.15, -0.1) is 0 Å². The van der Waals surface area contributed by atoms with Crippen LogP contribution in [-0.2, 0) is 0 Å². The molecule has 0 saturated heterocycles. The molecular formula is C71H62N2. The average molecular weight is 943 g/mol. The van der Waals surface area contributed by atoms with Gasteiger partial charge in [0, 0.05) is 41.5 Å². The maximum absolute atomic E-state index is 5.88. The van der Waals surface area contributed by atoms with E-state index in [1.165, 1.54) is 77.9 Å². The van der Waals surface area contributed by atoms with E-state index >= 15 is 0 Å². The highest BCUT2D eigenvalue weighted by Gasteiger charge is 2.29. The molecule has 0 bridgehead atoms. The van der Waals surface area contributed by atoms with Gasteiger partial charge in [-0.25, -0.2) is 0 Å². The van der Waals surface area contributed by atoms with Crippen LogP contribution in [0.1, 0.15) is 122 Å². The van der Waals surface area contributed by atoms with Crippen molar-refractivity contribution in [2.45, 2.75) is 57.8 Å². The van der Waals surface area contributed by atoms with E-state index in [9.17, 15) is 0 Å². The summed E-state index contributed by atoms with van der Waals surface area (Å²) >= 11 is 0. The van der Waals surface area contributed by atoms with Gasteiger partial charge in [-0.05, 0) is 94.5 Å². The van der Waals surface area contributed by atoms with Crippen molar-refractivity contribution in [3.63, 3.8) is 0 Å². The fourth-order valence-corrected chi connectivity index (χ4v) is 11.0. The topological polar surface area (TPSA) is 24.7 Å². The van der Waals surface area contributed by atoms with Gasteiger partial charge in [0.25, 0.3) is 0 Å². The van der Waals surface area contributed by atoms with E-state index in [-0.39, 0.29) is 23.7 Å². The standard InChI is InChI=1S/C71H62N2/c1-50-45-62(66(54-29-13-5-14-30-54)55-31-15-6-16-32-55)70(63(46-50)67(56-33-17-7-18-34-56)57-35-19-8-20-36-57)72-52(3)49-53(4)73-71-64(68(58-37-21-9-22-38-58)59-39-23-10-24-40-59)47-51(2)48-65(71)69(60-41-25-11-26-42-60)61-43-27-12-28-44-61/h5-48,66-69H,49H2,1-4H3. The third-order valence-electron chi connectivity index (χ3n) is 14.1. The Kier molecular flexibility index (Phi) is 15.0. The summed E-state index contributed by atoms with van der Waals surface area (Å²) in [6, 6.07) is 97.0. The molecule has 0 heterocycles. The molecule has 73 heavy (non-hydrogen) atoms. The van der Waals surface area contributed by atoms with E-state index in [1.807, 2.05) is 0 Å². The number of benzene rings is 10. The monoisotopic (exact) mass is 942 g/mol. The normalized spacial score (nSPS) is 12.0. The van der Waals surface area contributed by atoms with Crippen LogP contribution in [0.15, 0.2) is 277 Å². The minimum absolute atomic E-state index is 0.0620. The summed E-state index contributed by atoms with van der Waals surface area (Å²) in [5.41, 5.74) is 20.9. The van der Waals surface area contributed by atoms with Crippen molar-refractivity contribution < 1.29 is 0 Å². The summed E-state index contributed by atoms with van der Waals surface area (Å²) in [6.45, 7) is 8.85.